The smallest absolute Gasteiger partial charge is 0.0500 e. The van der Waals surface area contributed by atoms with Crippen LogP contribution in [0.3, 0.4) is 0 Å². The summed E-state index contributed by atoms with van der Waals surface area (Å²) in [6.45, 7) is 7.05. The minimum atomic E-state index is 0.964. The van der Waals surface area contributed by atoms with Crippen LogP contribution < -0.4 is 0 Å². The van der Waals surface area contributed by atoms with Crippen LogP contribution in [0.25, 0.3) is 0 Å². The molecule has 1 saturated heterocycles. The first-order valence-electron chi connectivity index (χ1n) is 7.92. The molecule has 0 N–H and O–H groups in total. The summed E-state index contributed by atoms with van der Waals surface area (Å²) in [7, 11) is 0. The van der Waals surface area contributed by atoms with E-state index in [1.807, 2.05) is 0 Å². The molecule has 96 valence electrons. The Hall–Kier alpha value is -0.0400. The van der Waals surface area contributed by atoms with Crippen molar-refractivity contribution in [2.24, 2.45) is 47.3 Å². The van der Waals surface area contributed by atoms with E-state index in [4.69, 9.17) is 4.74 Å². The minimum absolute atomic E-state index is 0.964. The minimum Gasteiger partial charge on any atom is -0.381 e. The van der Waals surface area contributed by atoms with Crippen molar-refractivity contribution in [3.8, 4) is 0 Å². The van der Waals surface area contributed by atoms with Crippen molar-refractivity contribution in [3.63, 3.8) is 0 Å². The maximum absolute atomic E-state index is 5.80. The third-order valence-corrected chi connectivity index (χ3v) is 6.99. The van der Waals surface area contributed by atoms with E-state index in [0.29, 0.717) is 0 Å². The van der Waals surface area contributed by atoms with Gasteiger partial charge < -0.3 is 4.74 Å². The molecule has 0 aromatic heterocycles. The van der Waals surface area contributed by atoms with Crippen LogP contribution in [0.4, 0.5) is 0 Å². The molecule has 3 saturated carbocycles. The van der Waals surface area contributed by atoms with Crippen molar-refractivity contribution in [2.75, 3.05) is 13.2 Å². The summed E-state index contributed by atoms with van der Waals surface area (Å²) in [5, 5.41) is 0. The fourth-order valence-electron chi connectivity index (χ4n) is 6.50. The SMILES string of the molecule is CCC1CC(CC)C2C3CC(C4COCC43)C12. The summed E-state index contributed by atoms with van der Waals surface area (Å²) >= 11 is 0. The van der Waals surface area contributed by atoms with Gasteiger partial charge in [-0.05, 0) is 60.2 Å². The summed E-state index contributed by atoms with van der Waals surface area (Å²) in [6, 6.07) is 0. The van der Waals surface area contributed by atoms with Crippen LogP contribution in [0, 0.1) is 47.3 Å². The number of hydrogen-bond donors (Lipinski definition) is 0. The first-order valence-corrected chi connectivity index (χ1v) is 7.92. The lowest BCUT2D eigenvalue weighted by molar-refractivity contribution is 0.105. The molecule has 0 spiro atoms. The molecule has 4 rings (SSSR count). The quantitative estimate of drug-likeness (QED) is 0.709. The van der Waals surface area contributed by atoms with E-state index < -0.39 is 0 Å². The molecule has 1 nitrogen and oxygen atoms in total. The highest BCUT2D eigenvalue weighted by molar-refractivity contribution is 5.11. The van der Waals surface area contributed by atoms with Gasteiger partial charge in [0.15, 0.2) is 0 Å². The summed E-state index contributed by atoms with van der Waals surface area (Å²) < 4.78 is 5.80. The molecule has 3 aliphatic carbocycles. The molecule has 0 aromatic rings. The summed E-state index contributed by atoms with van der Waals surface area (Å²) in [6.07, 6.45) is 5.98. The number of fused-ring (bicyclic) bond motifs is 8. The molecule has 8 unspecified atom stereocenters. The monoisotopic (exact) mass is 234 g/mol. The predicted octanol–water partition coefficient (Wildman–Crippen LogP) is 3.59. The van der Waals surface area contributed by atoms with Crippen molar-refractivity contribution >= 4 is 0 Å². The van der Waals surface area contributed by atoms with E-state index >= 15 is 0 Å². The van der Waals surface area contributed by atoms with Crippen LogP contribution in [-0.4, -0.2) is 13.2 Å². The number of rotatable bonds is 2. The Morgan fingerprint density at radius 3 is 1.76 bits per heavy atom. The second kappa shape index (κ2) is 3.73. The zero-order valence-electron chi connectivity index (χ0n) is 11.3. The molecular formula is C16H26O. The summed E-state index contributed by atoms with van der Waals surface area (Å²) in [4.78, 5) is 0. The zero-order valence-corrected chi connectivity index (χ0v) is 11.3. The Kier molecular flexibility index (Phi) is 2.38. The van der Waals surface area contributed by atoms with Gasteiger partial charge in [-0.2, -0.15) is 0 Å². The van der Waals surface area contributed by atoms with E-state index in [1.165, 1.54) is 12.8 Å². The molecule has 4 fully saturated rings. The Labute approximate surface area is 105 Å². The lowest BCUT2D eigenvalue weighted by atomic mass is 9.67. The van der Waals surface area contributed by atoms with E-state index in [1.54, 1.807) is 12.8 Å². The Bertz CT molecular complexity index is 285. The second-order valence-electron chi connectivity index (χ2n) is 7.16. The fraction of sp³-hybridized carbons (Fsp3) is 1.00. The van der Waals surface area contributed by atoms with Gasteiger partial charge in [0.2, 0.25) is 0 Å². The molecule has 8 atom stereocenters. The number of ether oxygens (including phenoxy) is 1. The van der Waals surface area contributed by atoms with E-state index in [0.717, 1.165) is 60.6 Å². The van der Waals surface area contributed by atoms with Crippen LogP contribution in [0.5, 0.6) is 0 Å². The van der Waals surface area contributed by atoms with Gasteiger partial charge in [0.25, 0.3) is 0 Å². The molecule has 1 aliphatic heterocycles. The highest BCUT2D eigenvalue weighted by Gasteiger charge is 2.64. The molecule has 4 aliphatic rings. The maximum atomic E-state index is 5.80. The van der Waals surface area contributed by atoms with Crippen LogP contribution in [0.1, 0.15) is 39.5 Å². The standard InChI is InChI=1S/C16H26O/c1-3-9-5-10(4-2)16-12-6-11(15(9)16)13-7-17-8-14(12)13/h9-16H,3-8H2,1-2H3. The van der Waals surface area contributed by atoms with Gasteiger partial charge in [0, 0.05) is 0 Å². The van der Waals surface area contributed by atoms with Crippen molar-refractivity contribution in [2.45, 2.75) is 39.5 Å². The second-order valence-corrected chi connectivity index (χ2v) is 7.16. The average Bonchev–Trinajstić information content (AvgIpc) is 3.05. The highest BCUT2D eigenvalue weighted by atomic mass is 16.5. The third kappa shape index (κ3) is 1.25. The molecule has 1 heteroatoms. The average molecular weight is 234 g/mol. The van der Waals surface area contributed by atoms with E-state index in [9.17, 15) is 0 Å². The lowest BCUT2D eigenvalue weighted by Crippen LogP contribution is -2.35. The summed E-state index contributed by atoms with van der Waals surface area (Å²) in [5.74, 6) is 8.34. The van der Waals surface area contributed by atoms with Crippen molar-refractivity contribution in [1.29, 1.82) is 0 Å². The number of hydrogen-bond acceptors (Lipinski definition) is 1. The first kappa shape index (κ1) is 10.8. The topological polar surface area (TPSA) is 9.23 Å². The Morgan fingerprint density at radius 1 is 0.765 bits per heavy atom. The van der Waals surface area contributed by atoms with E-state index in [2.05, 4.69) is 13.8 Å². The van der Waals surface area contributed by atoms with Crippen molar-refractivity contribution in [1.82, 2.24) is 0 Å². The first-order chi connectivity index (χ1) is 8.35. The predicted molar refractivity (Wildman–Crippen MR) is 68.6 cm³/mol. The van der Waals surface area contributed by atoms with E-state index in [-0.39, 0.29) is 0 Å². The normalized spacial score (nSPS) is 59.6. The van der Waals surface area contributed by atoms with Gasteiger partial charge in [-0.15, -0.1) is 0 Å². The van der Waals surface area contributed by atoms with Crippen LogP contribution in [0.15, 0.2) is 0 Å². The van der Waals surface area contributed by atoms with Gasteiger partial charge in [0.1, 0.15) is 0 Å². The molecular weight excluding hydrogens is 208 g/mol. The molecule has 1 heterocycles. The van der Waals surface area contributed by atoms with Gasteiger partial charge in [-0.25, -0.2) is 0 Å². The Morgan fingerprint density at radius 2 is 1.29 bits per heavy atom. The van der Waals surface area contributed by atoms with Gasteiger partial charge in [-0.1, -0.05) is 26.7 Å². The molecule has 2 bridgehead atoms. The van der Waals surface area contributed by atoms with Gasteiger partial charge >= 0.3 is 0 Å². The van der Waals surface area contributed by atoms with Gasteiger partial charge in [-0.3, -0.25) is 0 Å². The largest absolute Gasteiger partial charge is 0.381 e. The Balaban J connectivity index is 1.67. The van der Waals surface area contributed by atoms with Crippen LogP contribution in [0.2, 0.25) is 0 Å². The molecule has 0 radical (unpaired) electrons. The zero-order chi connectivity index (χ0) is 11.6. The fourth-order valence-corrected chi connectivity index (χ4v) is 6.50. The molecule has 0 amide bonds. The van der Waals surface area contributed by atoms with Gasteiger partial charge in [0.05, 0.1) is 13.2 Å². The van der Waals surface area contributed by atoms with Crippen molar-refractivity contribution in [3.05, 3.63) is 0 Å². The maximum Gasteiger partial charge on any atom is 0.0500 e. The highest BCUT2D eigenvalue weighted by Crippen LogP contribution is 2.68. The third-order valence-electron chi connectivity index (χ3n) is 6.99. The van der Waals surface area contributed by atoms with Crippen molar-refractivity contribution < 1.29 is 4.74 Å². The molecule has 0 aromatic carbocycles. The lowest BCUT2D eigenvalue weighted by Gasteiger charge is -2.37. The molecule has 17 heavy (non-hydrogen) atoms. The van der Waals surface area contributed by atoms with Crippen LogP contribution >= 0.6 is 0 Å². The summed E-state index contributed by atoms with van der Waals surface area (Å²) in [5.41, 5.74) is 0. The van der Waals surface area contributed by atoms with Crippen LogP contribution in [-0.2, 0) is 4.74 Å².